The monoisotopic (exact) mass is 202 g/mol. The molecule has 0 aromatic heterocycles. The lowest BCUT2D eigenvalue weighted by Gasteiger charge is -2.00. The minimum absolute atomic E-state index is 0.0678. The van der Waals surface area contributed by atoms with Crippen molar-refractivity contribution in [2.24, 2.45) is 5.92 Å². The average molecular weight is 202 g/mol. The Labute approximate surface area is 89.3 Å². The molecule has 2 heteroatoms. The van der Waals surface area contributed by atoms with Crippen LogP contribution in [0.15, 0.2) is 24.3 Å². The SMILES string of the molecule is C#CC(C)C#CCOc1ccc(F)cc1. The molecular formula is C13H11FO. The third-order valence-electron chi connectivity index (χ3n) is 1.69. The van der Waals surface area contributed by atoms with Crippen molar-refractivity contribution in [2.75, 3.05) is 6.61 Å². The van der Waals surface area contributed by atoms with Gasteiger partial charge in [0, 0.05) is 0 Å². The Morgan fingerprint density at radius 2 is 2.07 bits per heavy atom. The zero-order valence-electron chi connectivity index (χ0n) is 8.46. The Bertz CT molecular complexity index is 403. The lowest BCUT2D eigenvalue weighted by Crippen LogP contribution is -1.94. The molecule has 0 fully saturated rings. The van der Waals surface area contributed by atoms with Gasteiger partial charge in [0.1, 0.15) is 18.2 Å². The van der Waals surface area contributed by atoms with Crippen LogP contribution in [0.5, 0.6) is 5.75 Å². The molecule has 0 saturated heterocycles. The number of terminal acetylenes is 1. The van der Waals surface area contributed by atoms with E-state index in [0.717, 1.165) is 0 Å². The third kappa shape index (κ3) is 4.20. The van der Waals surface area contributed by atoms with Crippen LogP contribution in [0.4, 0.5) is 4.39 Å². The van der Waals surface area contributed by atoms with Crippen LogP contribution in [0.3, 0.4) is 0 Å². The average Bonchev–Trinajstić information content (AvgIpc) is 2.26. The second-order valence-electron chi connectivity index (χ2n) is 2.95. The molecule has 0 N–H and O–H groups in total. The summed E-state index contributed by atoms with van der Waals surface area (Å²) < 4.78 is 17.8. The second kappa shape index (κ2) is 5.73. The number of hydrogen-bond acceptors (Lipinski definition) is 1. The Morgan fingerprint density at radius 1 is 1.40 bits per heavy atom. The van der Waals surface area contributed by atoms with Crippen LogP contribution in [-0.2, 0) is 0 Å². The first kappa shape index (κ1) is 11.1. The van der Waals surface area contributed by atoms with E-state index in [0.29, 0.717) is 5.75 Å². The fraction of sp³-hybridized carbons (Fsp3) is 0.231. The zero-order valence-corrected chi connectivity index (χ0v) is 8.46. The Morgan fingerprint density at radius 3 is 2.67 bits per heavy atom. The first-order valence-electron chi connectivity index (χ1n) is 4.55. The Kier molecular flexibility index (Phi) is 4.26. The van der Waals surface area contributed by atoms with Gasteiger partial charge in [-0.05, 0) is 31.2 Å². The highest BCUT2D eigenvalue weighted by Gasteiger charge is 1.92. The summed E-state index contributed by atoms with van der Waals surface area (Å²) in [6.45, 7) is 2.10. The molecule has 1 aromatic rings. The van der Waals surface area contributed by atoms with Gasteiger partial charge in [-0.3, -0.25) is 0 Å². The Balaban J connectivity index is 2.41. The summed E-state index contributed by atoms with van der Waals surface area (Å²) in [4.78, 5) is 0. The van der Waals surface area contributed by atoms with Crippen molar-refractivity contribution in [2.45, 2.75) is 6.92 Å². The zero-order chi connectivity index (χ0) is 11.1. The maximum Gasteiger partial charge on any atom is 0.149 e. The fourth-order valence-electron chi connectivity index (χ4n) is 0.887. The summed E-state index contributed by atoms with van der Waals surface area (Å²) in [5.74, 6) is 8.36. The van der Waals surface area contributed by atoms with E-state index in [1.165, 1.54) is 12.1 Å². The lowest BCUT2D eigenvalue weighted by molar-refractivity contribution is 0.369. The minimum atomic E-state index is -0.283. The van der Waals surface area contributed by atoms with Crippen LogP contribution < -0.4 is 4.74 Å². The first-order chi connectivity index (χ1) is 7.22. The standard InChI is InChI=1S/C13H11FO/c1-3-11(2)5-4-10-15-13-8-6-12(14)7-9-13/h1,6-9,11H,10H2,2H3. The quantitative estimate of drug-likeness (QED) is 0.669. The molecule has 0 aliphatic rings. The van der Waals surface area contributed by atoms with E-state index in [1.54, 1.807) is 12.1 Å². The van der Waals surface area contributed by atoms with Gasteiger partial charge in [-0.2, -0.15) is 0 Å². The molecule has 0 heterocycles. The van der Waals surface area contributed by atoms with Gasteiger partial charge in [0.25, 0.3) is 0 Å². The predicted molar refractivity (Wildman–Crippen MR) is 57.7 cm³/mol. The van der Waals surface area contributed by atoms with Crippen LogP contribution >= 0.6 is 0 Å². The van der Waals surface area contributed by atoms with Crippen LogP contribution in [0, 0.1) is 35.9 Å². The number of rotatable bonds is 2. The van der Waals surface area contributed by atoms with Crippen LogP contribution in [-0.4, -0.2) is 6.61 Å². The highest BCUT2D eigenvalue weighted by Crippen LogP contribution is 2.10. The van der Waals surface area contributed by atoms with Crippen LogP contribution in [0.2, 0.25) is 0 Å². The van der Waals surface area contributed by atoms with E-state index >= 15 is 0 Å². The van der Waals surface area contributed by atoms with Crippen LogP contribution in [0.1, 0.15) is 6.92 Å². The molecule has 0 spiro atoms. The van der Waals surface area contributed by atoms with E-state index in [2.05, 4.69) is 17.8 Å². The molecule has 1 aromatic carbocycles. The van der Waals surface area contributed by atoms with Gasteiger partial charge in [-0.1, -0.05) is 17.8 Å². The second-order valence-corrected chi connectivity index (χ2v) is 2.95. The Hall–Kier alpha value is -1.93. The number of ether oxygens (including phenoxy) is 1. The van der Waals surface area contributed by atoms with Gasteiger partial charge in [0.15, 0.2) is 0 Å². The number of hydrogen-bond donors (Lipinski definition) is 0. The van der Waals surface area contributed by atoms with Crippen molar-refractivity contribution in [1.82, 2.24) is 0 Å². The molecule has 15 heavy (non-hydrogen) atoms. The smallest absolute Gasteiger partial charge is 0.149 e. The fourth-order valence-corrected chi connectivity index (χ4v) is 0.887. The molecule has 0 bridgehead atoms. The largest absolute Gasteiger partial charge is 0.481 e. The topological polar surface area (TPSA) is 9.23 Å². The molecular weight excluding hydrogens is 191 g/mol. The highest BCUT2D eigenvalue weighted by molar-refractivity contribution is 5.23. The van der Waals surface area contributed by atoms with Crippen molar-refractivity contribution >= 4 is 0 Å². The number of benzene rings is 1. The molecule has 1 nitrogen and oxygen atoms in total. The van der Waals surface area contributed by atoms with Crippen LogP contribution in [0.25, 0.3) is 0 Å². The third-order valence-corrected chi connectivity index (χ3v) is 1.69. The van der Waals surface area contributed by atoms with E-state index in [9.17, 15) is 4.39 Å². The van der Waals surface area contributed by atoms with Gasteiger partial charge < -0.3 is 4.74 Å². The van der Waals surface area contributed by atoms with Gasteiger partial charge in [-0.25, -0.2) is 4.39 Å². The van der Waals surface area contributed by atoms with E-state index in [-0.39, 0.29) is 18.3 Å². The number of halogens is 1. The molecule has 0 amide bonds. The van der Waals surface area contributed by atoms with Crippen molar-refractivity contribution in [3.8, 4) is 29.9 Å². The maximum absolute atomic E-state index is 12.5. The summed E-state index contributed by atoms with van der Waals surface area (Å²) in [6, 6.07) is 5.79. The highest BCUT2D eigenvalue weighted by atomic mass is 19.1. The van der Waals surface area contributed by atoms with E-state index in [1.807, 2.05) is 6.92 Å². The van der Waals surface area contributed by atoms with E-state index in [4.69, 9.17) is 11.2 Å². The summed E-state index contributed by atoms with van der Waals surface area (Å²) in [6.07, 6.45) is 5.15. The van der Waals surface area contributed by atoms with Crippen molar-refractivity contribution in [3.05, 3.63) is 30.1 Å². The van der Waals surface area contributed by atoms with Gasteiger partial charge in [0.05, 0.1) is 5.92 Å². The van der Waals surface area contributed by atoms with Gasteiger partial charge >= 0.3 is 0 Å². The molecule has 76 valence electrons. The van der Waals surface area contributed by atoms with Crippen molar-refractivity contribution in [3.63, 3.8) is 0 Å². The first-order valence-corrected chi connectivity index (χ1v) is 4.55. The normalized spacial score (nSPS) is 10.7. The van der Waals surface area contributed by atoms with Gasteiger partial charge in [0.2, 0.25) is 0 Å². The van der Waals surface area contributed by atoms with Crippen molar-refractivity contribution in [1.29, 1.82) is 0 Å². The molecule has 0 saturated carbocycles. The predicted octanol–water partition coefficient (Wildman–Crippen LogP) is 2.48. The molecule has 0 radical (unpaired) electrons. The van der Waals surface area contributed by atoms with Gasteiger partial charge in [-0.15, -0.1) is 6.42 Å². The summed E-state index contributed by atoms with van der Waals surface area (Å²) in [5.41, 5.74) is 0. The lowest BCUT2D eigenvalue weighted by atomic mass is 10.2. The molecule has 1 atom stereocenters. The molecule has 1 unspecified atom stereocenters. The summed E-state index contributed by atoms with van der Waals surface area (Å²) in [5, 5.41) is 0. The van der Waals surface area contributed by atoms with Crippen molar-refractivity contribution < 1.29 is 9.13 Å². The summed E-state index contributed by atoms with van der Waals surface area (Å²) >= 11 is 0. The minimum Gasteiger partial charge on any atom is -0.481 e. The van der Waals surface area contributed by atoms with E-state index < -0.39 is 0 Å². The summed E-state index contributed by atoms with van der Waals surface area (Å²) in [7, 11) is 0. The molecule has 0 aliphatic heterocycles. The maximum atomic E-state index is 12.5. The molecule has 0 aliphatic carbocycles. The molecule has 1 rings (SSSR count).